The van der Waals surface area contributed by atoms with E-state index < -0.39 is 0 Å². The molecule has 0 aromatic heterocycles. The highest BCUT2D eigenvalue weighted by molar-refractivity contribution is 7.97. The maximum atomic E-state index is 12.0. The van der Waals surface area contributed by atoms with Gasteiger partial charge in [0, 0.05) is 24.5 Å². The number of rotatable bonds is 8. The topological polar surface area (TPSA) is 38.3 Å². The van der Waals surface area contributed by atoms with Gasteiger partial charge in [0.05, 0.1) is 6.10 Å². The number of carbonyl (C=O) groups excluding carboxylic acids is 1. The highest BCUT2D eigenvalue weighted by atomic mass is 32.2. The molecule has 1 aliphatic carbocycles. The number of thioether (sulfide) groups is 1. The fourth-order valence-corrected chi connectivity index (χ4v) is 3.30. The lowest BCUT2D eigenvalue weighted by Gasteiger charge is -2.21. The van der Waals surface area contributed by atoms with Crippen LogP contribution in [0.1, 0.15) is 54.4 Å². The average Bonchev–Trinajstić information content (AvgIpc) is 2.56. The first-order chi connectivity index (χ1) is 10.8. The molecule has 4 heteroatoms. The van der Waals surface area contributed by atoms with Gasteiger partial charge < -0.3 is 10.1 Å². The predicted molar refractivity (Wildman–Crippen MR) is 93.4 cm³/mol. The summed E-state index contributed by atoms with van der Waals surface area (Å²) in [7, 11) is 0. The second kappa shape index (κ2) is 9.90. The fraction of sp³-hybridized carbons (Fsp3) is 0.611. The van der Waals surface area contributed by atoms with Gasteiger partial charge in [-0.3, -0.25) is 4.79 Å². The van der Waals surface area contributed by atoms with Gasteiger partial charge in [0.1, 0.15) is 0 Å². The largest absolute Gasteiger partial charge is 0.378 e. The second-order valence-corrected chi connectivity index (χ2v) is 6.74. The van der Waals surface area contributed by atoms with E-state index >= 15 is 0 Å². The molecule has 3 nitrogen and oxygen atoms in total. The van der Waals surface area contributed by atoms with Crippen molar-refractivity contribution in [3.8, 4) is 0 Å². The van der Waals surface area contributed by atoms with Gasteiger partial charge >= 0.3 is 0 Å². The number of amides is 1. The summed E-state index contributed by atoms with van der Waals surface area (Å²) in [6.45, 7) is 1.43. The molecule has 1 N–H and O–H groups in total. The Balaban J connectivity index is 1.60. The van der Waals surface area contributed by atoms with Gasteiger partial charge in [0.25, 0.3) is 5.91 Å². The number of hydrogen-bond acceptors (Lipinski definition) is 3. The molecule has 0 radical (unpaired) electrons. The lowest BCUT2D eigenvalue weighted by Crippen LogP contribution is -2.26. The molecular weight excluding hydrogens is 294 g/mol. The molecule has 0 saturated heterocycles. The van der Waals surface area contributed by atoms with Gasteiger partial charge in [-0.25, -0.2) is 0 Å². The quantitative estimate of drug-likeness (QED) is 0.735. The number of carbonyl (C=O) groups is 1. The molecule has 2 rings (SSSR count). The molecule has 1 amide bonds. The molecule has 0 atom stereocenters. The van der Waals surface area contributed by atoms with Crippen molar-refractivity contribution in [2.75, 3.05) is 19.4 Å². The van der Waals surface area contributed by atoms with Crippen LogP contribution >= 0.6 is 11.8 Å². The van der Waals surface area contributed by atoms with Gasteiger partial charge in [-0.1, -0.05) is 31.4 Å². The lowest BCUT2D eigenvalue weighted by molar-refractivity contribution is 0.0273. The van der Waals surface area contributed by atoms with E-state index in [1.807, 2.05) is 24.3 Å². The average molecular weight is 321 g/mol. The Labute approximate surface area is 138 Å². The Morgan fingerprint density at radius 1 is 1.23 bits per heavy atom. The van der Waals surface area contributed by atoms with Crippen LogP contribution in [0.3, 0.4) is 0 Å². The molecule has 1 fully saturated rings. The van der Waals surface area contributed by atoms with Crippen molar-refractivity contribution in [1.29, 1.82) is 0 Å². The van der Waals surface area contributed by atoms with Crippen LogP contribution < -0.4 is 5.32 Å². The van der Waals surface area contributed by atoms with E-state index in [0.717, 1.165) is 24.3 Å². The zero-order chi connectivity index (χ0) is 15.6. The van der Waals surface area contributed by atoms with Gasteiger partial charge in [-0.05, 0) is 43.2 Å². The Kier molecular flexibility index (Phi) is 7.81. The summed E-state index contributed by atoms with van der Waals surface area (Å²) in [5.74, 6) is 0.994. The molecule has 1 aromatic rings. The van der Waals surface area contributed by atoms with Crippen LogP contribution in [0.15, 0.2) is 24.3 Å². The first-order valence-corrected chi connectivity index (χ1v) is 9.66. The summed E-state index contributed by atoms with van der Waals surface area (Å²) in [5.41, 5.74) is 1.99. The zero-order valence-electron chi connectivity index (χ0n) is 13.5. The Morgan fingerprint density at radius 3 is 2.64 bits per heavy atom. The van der Waals surface area contributed by atoms with E-state index in [0.29, 0.717) is 12.6 Å². The molecule has 0 unspecified atom stereocenters. The maximum absolute atomic E-state index is 12.0. The third-order valence-electron chi connectivity index (χ3n) is 4.04. The SMILES string of the molecule is CSCc1ccc(C(=O)NCCCOC2CCCCC2)cc1. The van der Waals surface area contributed by atoms with Crippen molar-refractivity contribution in [2.24, 2.45) is 0 Å². The predicted octanol–water partition coefficient (Wildman–Crippen LogP) is 4.02. The van der Waals surface area contributed by atoms with E-state index in [1.165, 1.54) is 37.7 Å². The van der Waals surface area contributed by atoms with Crippen molar-refractivity contribution in [1.82, 2.24) is 5.32 Å². The minimum absolute atomic E-state index is 0.00775. The van der Waals surface area contributed by atoms with Crippen LogP contribution in [0.5, 0.6) is 0 Å². The van der Waals surface area contributed by atoms with Gasteiger partial charge in [-0.15, -0.1) is 0 Å². The molecule has 1 saturated carbocycles. The Bertz CT molecular complexity index is 441. The molecule has 0 aliphatic heterocycles. The second-order valence-electron chi connectivity index (χ2n) is 5.87. The van der Waals surface area contributed by atoms with E-state index in [2.05, 4.69) is 11.6 Å². The van der Waals surface area contributed by atoms with Crippen LogP contribution in [-0.2, 0) is 10.5 Å². The van der Waals surface area contributed by atoms with E-state index in [1.54, 1.807) is 11.8 Å². The van der Waals surface area contributed by atoms with Gasteiger partial charge in [0.2, 0.25) is 0 Å². The maximum Gasteiger partial charge on any atom is 0.251 e. The first-order valence-electron chi connectivity index (χ1n) is 8.27. The van der Waals surface area contributed by atoms with Crippen molar-refractivity contribution in [2.45, 2.75) is 50.4 Å². The third-order valence-corrected chi connectivity index (χ3v) is 4.66. The molecule has 0 bridgehead atoms. The summed E-state index contributed by atoms with van der Waals surface area (Å²) in [6, 6.07) is 7.86. The van der Waals surface area contributed by atoms with Crippen molar-refractivity contribution >= 4 is 17.7 Å². The molecular formula is C18H27NO2S. The summed E-state index contributed by atoms with van der Waals surface area (Å²) in [6.07, 6.45) is 9.77. The molecule has 122 valence electrons. The number of hydrogen-bond donors (Lipinski definition) is 1. The number of nitrogens with one attached hydrogen (secondary N) is 1. The van der Waals surface area contributed by atoms with E-state index in [-0.39, 0.29) is 5.91 Å². The number of benzene rings is 1. The Hall–Kier alpha value is -1.00. The normalized spacial score (nSPS) is 15.7. The van der Waals surface area contributed by atoms with Gasteiger partial charge in [-0.2, -0.15) is 11.8 Å². The fourth-order valence-electron chi connectivity index (χ4n) is 2.78. The van der Waals surface area contributed by atoms with Crippen LogP contribution in [-0.4, -0.2) is 31.4 Å². The minimum Gasteiger partial charge on any atom is -0.378 e. The van der Waals surface area contributed by atoms with Gasteiger partial charge in [0.15, 0.2) is 0 Å². The summed E-state index contributed by atoms with van der Waals surface area (Å²) in [4.78, 5) is 12.0. The third kappa shape index (κ3) is 6.01. The monoisotopic (exact) mass is 321 g/mol. The van der Waals surface area contributed by atoms with E-state index in [4.69, 9.17) is 4.74 Å². The summed E-state index contributed by atoms with van der Waals surface area (Å²) in [5, 5.41) is 2.96. The molecule has 0 spiro atoms. The molecule has 1 aliphatic rings. The van der Waals surface area contributed by atoms with Crippen LogP contribution in [0.4, 0.5) is 0 Å². The molecule has 1 aromatic carbocycles. The lowest BCUT2D eigenvalue weighted by atomic mass is 9.98. The standard InChI is InChI=1S/C18H27NO2S/c1-22-14-15-8-10-16(11-9-15)18(20)19-12-5-13-21-17-6-3-2-4-7-17/h8-11,17H,2-7,12-14H2,1H3,(H,19,20). The van der Waals surface area contributed by atoms with Crippen LogP contribution in [0.2, 0.25) is 0 Å². The van der Waals surface area contributed by atoms with Crippen LogP contribution in [0, 0.1) is 0 Å². The smallest absolute Gasteiger partial charge is 0.251 e. The Morgan fingerprint density at radius 2 is 1.95 bits per heavy atom. The van der Waals surface area contributed by atoms with Crippen molar-refractivity contribution in [3.05, 3.63) is 35.4 Å². The highest BCUT2D eigenvalue weighted by Gasteiger charge is 2.13. The van der Waals surface area contributed by atoms with Crippen molar-refractivity contribution in [3.63, 3.8) is 0 Å². The number of ether oxygens (including phenoxy) is 1. The zero-order valence-corrected chi connectivity index (χ0v) is 14.3. The van der Waals surface area contributed by atoms with E-state index in [9.17, 15) is 4.79 Å². The molecule has 0 heterocycles. The highest BCUT2D eigenvalue weighted by Crippen LogP contribution is 2.20. The molecule has 22 heavy (non-hydrogen) atoms. The summed E-state index contributed by atoms with van der Waals surface area (Å²) < 4.78 is 5.86. The van der Waals surface area contributed by atoms with Crippen molar-refractivity contribution < 1.29 is 9.53 Å². The van der Waals surface area contributed by atoms with Crippen LogP contribution in [0.25, 0.3) is 0 Å². The first kappa shape index (κ1) is 17.4. The minimum atomic E-state index is 0.00775. The summed E-state index contributed by atoms with van der Waals surface area (Å²) >= 11 is 1.79.